The first-order valence-corrected chi connectivity index (χ1v) is 8.59. The van der Waals surface area contributed by atoms with E-state index in [4.69, 9.17) is 9.72 Å². The first kappa shape index (κ1) is 15.0. The summed E-state index contributed by atoms with van der Waals surface area (Å²) in [5.41, 5.74) is 1.04. The molecule has 1 saturated heterocycles. The number of rotatable bonds is 4. The molecule has 2 aromatic rings. The van der Waals surface area contributed by atoms with Crippen molar-refractivity contribution < 1.29 is 9.53 Å². The van der Waals surface area contributed by atoms with E-state index in [1.807, 2.05) is 37.3 Å². The van der Waals surface area contributed by atoms with Crippen LogP contribution in [0, 0.1) is 0 Å². The van der Waals surface area contributed by atoms with Crippen LogP contribution in [0.4, 0.5) is 5.82 Å². The fourth-order valence-electron chi connectivity index (χ4n) is 2.67. The monoisotopic (exact) mass is 316 g/mol. The molecule has 0 N–H and O–H groups in total. The molecule has 0 amide bonds. The second kappa shape index (κ2) is 6.92. The van der Waals surface area contributed by atoms with Crippen molar-refractivity contribution in [2.75, 3.05) is 24.6 Å². The minimum Gasteiger partial charge on any atom is -0.462 e. The predicted molar refractivity (Wildman–Crippen MR) is 89.6 cm³/mol. The Morgan fingerprint density at radius 3 is 2.64 bits per heavy atom. The third-order valence-corrected chi connectivity index (χ3v) is 4.82. The molecule has 5 heteroatoms. The third kappa shape index (κ3) is 3.14. The molecule has 0 bridgehead atoms. The molecule has 1 aromatic carbocycles. The van der Waals surface area contributed by atoms with Crippen LogP contribution < -0.4 is 4.90 Å². The van der Waals surface area contributed by atoms with E-state index in [1.54, 1.807) is 0 Å². The Balaban J connectivity index is 1.98. The van der Waals surface area contributed by atoms with Crippen molar-refractivity contribution in [1.29, 1.82) is 0 Å². The topological polar surface area (TPSA) is 42.4 Å². The molecule has 22 heavy (non-hydrogen) atoms. The predicted octanol–water partition coefficient (Wildman–Crippen LogP) is 3.98. The Bertz CT molecular complexity index is 633. The molecule has 0 atom stereocenters. The summed E-state index contributed by atoms with van der Waals surface area (Å²) >= 11 is 1.43. The van der Waals surface area contributed by atoms with E-state index in [2.05, 4.69) is 4.90 Å². The lowest BCUT2D eigenvalue weighted by molar-refractivity contribution is 0.0532. The van der Waals surface area contributed by atoms with Gasteiger partial charge in [0.05, 0.1) is 6.61 Å². The average Bonchev–Trinajstić information content (AvgIpc) is 3.02. The van der Waals surface area contributed by atoms with Gasteiger partial charge in [0.15, 0.2) is 10.7 Å². The number of anilines is 1. The summed E-state index contributed by atoms with van der Waals surface area (Å²) in [6.07, 6.45) is 3.56. The standard InChI is InChI=1S/C17H20N2O2S/c1-2-21-17(20)14-15(19-11-7-4-8-12-19)18-16(22-14)13-9-5-3-6-10-13/h3,5-6,9-10H,2,4,7-8,11-12H2,1H3. The largest absolute Gasteiger partial charge is 0.462 e. The molecular weight excluding hydrogens is 296 g/mol. The number of carbonyl (C=O) groups is 1. The van der Waals surface area contributed by atoms with Gasteiger partial charge >= 0.3 is 5.97 Å². The lowest BCUT2D eigenvalue weighted by Crippen LogP contribution is -2.31. The van der Waals surface area contributed by atoms with E-state index in [0.29, 0.717) is 11.5 Å². The maximum Gasteiger partial charge on any atom is 0.352 e. The van der Waals surface area contributed by atoms with Gasteiger partial charge in [0.1, 0.15) is 5.01 Å². The zero-order valence-electron chi connectivity index (χ0n) is 12.7. The van der Waals surface area contributed by atoms with Crippen LogP contribution in [0.1, 0.15) is 35.9 Å². The third-order valence-electron chi connectivity index (χ3n) is 3.75. The molecular formula is C17H20N2O2S. The van der Waals surface area contributed by atoms with Gasteiger partial charge < -0.3 is 9.64 Å². The van der Waals surface area contributed by atoms with Crippen LogP contribution in [0.2, 0.25) is 0 Å². The Labute approximate surface area is 134 Å². The van der Waals surface area contributed by atoms with Crippen LogP contribution >= 0.6 is 11.3 Å². The number of nitrogens with zero attached hydrogens (tertiary/aromatic N) is 2. The fraction of sp³-hybridized carbons (Fsp3) is 0.412. The number of carbonyl (C=O) groups excluding carboxylic acids is 1. The second-order valence-electron chi connectivity index (χ2n) is 5.31. The van der Waals surface area contributed by atoms with E-state index in [-0.39, 0.29) is 5.97 Å². The maximum atomic E-state index is 12.3. The highest BCUT2D eigenvalue weighted by Crippen LogP contribution is 2.34. The summed E-state index contributed by atoms with van der Waals surface area (Å²) in [7, 11) is 0. The fourth-order valence-corrected chi connectivity index (χ4v) is 3.65. The molecule has 4 nitrogen and oxygen atoms in total. The first-order chi connectivity index (χ1) is 10.8. The molecule has 1 aliphatic rings. The van der Waals surface area contributed by atoms with E-state index in [9.17, 15) is 4.79 Å². The van der Waals surface area contributed by atoms with Gasteiger partial charge in [0.2, 0.25) is 0 Å². The molecule has 0 unspecified atom stereocenters. The maximum absolute atomic E-state index is 12.3. The Morgan fingerprint density at radius 2 is 1.95 bits per heavy atom. The molecule has 0 aliphatic carbocycles. The van der Waals surface area contributed by atoms with Crippen LogP contribution in [0.3, 0.4) is 0 Å². The number of thiazole rings is 1. The Hall–Kier alpha value is -1.88. The molecule has 0 spiro atoms. The highest BCUT2D eigenvalue weighted by Gasteiger charge is 2.25. The number of esters is 1. The zero-order valence-corrected chi connectivity index (χ0v) is 13.6. The minimum absolute atomic E-state index is 0.261. The van der Waals surface area contributed by atoms with Crippen LogP contribution in [-0.4, -0.2) is 30.6 Å². The lowest BCUT2D eigenvalue weighted by atomic mass is 10.1. The Kier molecular flexibility index (Phi) is 4.73. The van der Waals surface area contributed by atoms with Gasteiger partial charge in [0, 0.05) is 18.7 Å². The van der Waals surface area contributed by atoms with Gasteiger partial charge in [-0.2, -0.15) is 0 Å². The summed E-state index contributed by atoms with van der Waals surface area (Å²) in [4.78, 5) is 19.9. The van der Waals surface area contributed by atoms with Gasteiger partial charge in [-0.1, -0.05) is 30.3 Å². The van der Waals surface area contributed by atoms with Gasteiger partial charge in [-0.05, 0) is 26.2 Å². The van der Waals surface area contributed by atoms with E-state index in [1.165, 1.54) is 17.8 Å². The Morgan fingerprint density at radius 1 is 1.23 bits per heavy atom. The number of ether oxygens (including phenoxy) is 1. The molecule has 116 valence electrons. The van der Waals surface area contributed by atoms with E-state index in [0.717, 1.165) is 42.3 Å². The number of hydrogen-bond acceptors (Lipinski definition) is 5. The van der Waals surface area contributed by atoms with Crippen molar-refractivity contribution >= 4 is 23.1 Å². The van der Waals surface area contributed by atoms with Crippen LogP contribution in [0.15, 0.2) is 30.3 Å². The van der Waals surface area contributed by atoms with Gasteiger partial charge in [-0.3, -0.25) is 0 Å². The summed E-state index contributed by atoms with van der Waals surface area (Å²) in [5.74, 6) is 0.532. The summed E-state index contributed by atoms with van der Waals surface area (Å²) in [5, 5.41) is 0.879. The van der Waals surface area contributed by atoms with Gasteiger partial charge in [0.25, 0.3) is 0 Å². The second-order valence-corrected chi connectivity index (χ2v) is 6.31. The number of benzene rings is 1. The lowest BCUT2D eigenvalue weighted by Gasteiger charge is -2.27. The SMILES string of the molecule is CCOC(=O)c1sc(-c2ccccc2)nc1N1CCCCC1. The average molecular weight is 316 g/mol. The highest BCUT2D eigenvalue weighted by atomic mass is 32.1. The van der Waals surface area contributed by atoms with Gasteiger partial charge in [-0.25, -0.2) is 9.78 Å². The normalized spacial score (nSPS) is 14.9. The minimum atomic E-state index is -0.261. The number of piperidine rings is 1. The molecule has 2 heterocycles. The summed E-state index contributed by atoms with van der Waals surface area (Å²) in [6, 6.07) is 10.00. The summed E-state index contributed by atoms with van der Waals surface area (Å²) in [6.45, 7) is 4.14. The van der Waals surface area contributed by atoms with Crippen molar-refractivity contribution in [1.82, 2.24) is 4.98 Å². The molecule has 1 fully saturated rings. The van der Waals surface area contributed by atoms with Gasteiger partial charge in [-0.15, -0.1) is 11.3 Å². The van der Waals surface area contributed by atoms with Crippen LogP contribution in [-0.2, 0) is 4.74 Å². The molecule has 1 aromatic heterocycles. The van der Waals surface area contributed by atoms with Crippen LogP contribution in [0.25, 0.3) is 10.6 Å². The number of aromatic nitrogens is 1. The van der Waals surface area contributed by atoms with Crippen molar-refractivity contribution in [2.45, 2.75) is 26.2 Å². The van der Waals surface area contributed by atoms with Crippen LogP contribution in [0.5, 0.6) is 0 Å². The van der Waals surface area contributed by atoms with Crippen molar-refractivity contribution in [2.24, 2.45) is 0 Å². The molecule has 0 saturated carbocycles. The van der Waals surface area contributed by atoms with E-state index < -0.39 is 0 Å². The molecule has 1 aliphatic heterocycles. The van der Waals surface area contributed by atoms with Crippen molar-refractivity contribution in [3.05, 3.63) is 35.2 Å². The zero-order chi connectivity index (χ0) is 15.4. The number of hydrogen-bond donors (Lipinski definition) is 0. The highest BCUT2D eigenvalue weighted by molar-refractivity contribution is 7.17. The first-order valence-electron chi connectivity index (χ1n) is 7.78. The molecule has 0 radical (unpaired) electrons. The smallest absolute Gasteiger partial charge is 0.352 e. The van der Waals surface area contributed by atoms with Crippen molar-refractivity contribution in [3.8, 4) is 10.6 Å². The summed E-state index contributed by atoms with van der Waals surface area (Å²) < 4.78 is 5.21. The quantitative estimate of drug-likeness (QED) is 0.800. The van der Waals surface area contributed by atoms with Crippen molar-refractivity contribution in [3.63, 3.8) is 0 Å². The molecule has 3 rings (SSSR count). The van der Waals surface area contributed by atoms with E-state index >= 15 is 0 Å².